The molecule has 0 aliphatic carbocycles. The van der Waals surface area contributed by atoms with Gasteiger partial charge in [0.1, 0.15) is 5.60 Å². The number of ether oxygens (including phenoxy) is 1. The summed E-state index contributed by atoms with van der Waals surface area (Å²) < 4.78 is 7.42. The van der Waals surface area contributed by atoms with Gasteiger partial charge in [-0.05, 0) is 32.9 Å². The smallest absolute Gasteiger partial charge is 0.410 e. The lowest BCUT2D eigenvalue weighted by molar-refractivity contribution is 0.0220. The molecule has 0 N–H and O–H groups in total. The van der Waals surface area contributed by atoms with Crippen LogP contribution in [0.15, 0.2) is 18.3 Å². The Morgan fingerprint density at radius 1 is 1.43 bits per heavy atom. The van der Waals surface area contributed by atoms with E-state index in [-0.39, 0.29) is 6.09 Å². The predicted molar refractivity (Wildman–Crippen MR) is 80.6 cm³/mol. The zero-order valence-corrected chi connectivity index (χ0v) is 13.1. The second-order valence-electron chi connectivity index (χ2n) is 6.21. The van der Waals surface area contributed by atoms with E-state index in [2.05, 4.69) is 4.98 Å². The molecule has 2 aromatic heterocycles. The maximum atomic E-state index is 12.1. The number of nitrogens with zero attached hydrogens (tertiary/aromatic N) is 3. The summed E-state index contributed by atoms with van der Waals surface area (Å²) in [4.78, 5) is 18.4. The van der Waals surface area contributed by atoms with E-state index in [1.165, 1.54) is 0 Å². The molecule has 21 heavy (non-hydrogen) atoms. The van der Waals surface area contributed by atoms with Crippen LogP contribution in [0.2, 0.25) is 5.02 Å². The van der Waals surface area contributed by atoms with Crippen LogP contribution in [0.5, 0.6) is 0 Å². The first kappa shape index (κ1) is 14.2. The van der Waals surface area contributed by atoms with Gasteiger partial charge in [-0.15, -0.1) is 0 Å². The van der Waals surface area contributed by atoms with E-state index in [9.17, 15) is 4.79 Å². The summed E-state index contributed by atoms with van der Waals surface area (Å²) in [6.45, 7) is 6.69. The van der Waals surface area contributed by atoms with Crippen molar-refractivity contribution >= 4 is 23.3 Å². The Labute approximate surface area is 128 Å². The molecule has 0 radical (unpaired) electrons. The number of aromatic nitrogens is 2. The fourth-order valence-electron chi connectivity index (χ4n) is 2.50. The number of imidazole rings is 1. The van der Waals surface area contributed by atoms with Crippen molar-refractivity contribution in [2.24, 2.45) is 0 Å². The number of pyridine rings is 1. The number of carbonyl (C=O) groups is 1. The predicted octanol–water partition coefficient (Wildman–Crippen LogP) is 3.28. The zero-order valence-electron chi connectivity index (χ0n) is 12.4. The summed E-state index contributed by atoms with van der Waals surface area (Å²) in [5.41, 5.74) is 2.27. The number of carbonyl (C=O) groups excluding carboxylic acids is 1. The third-order valence-corrected chi connectivity index (χ3v) is 3.69. The van der Waals surface area contributed by atoms with Gasteiger partial charge in [0.15, 0.2) is 5.65 Å². The molecular formula is C15H18ClN3O2. The van der Waals surface area contributed by atoms with E-state index in [1.54, 1.807) is 4.90 Å². The molecule has 6 heteroatoms. The summed E-state index contributed by atoms with van der Waals surface area (Å²) in [6, 6.07) is 3.72. The van der Waals surface area contributed by atoms with Gasteiger partial charge in [0.2, 0.25) is 0 Å². The highest BCUT2D eigenvalue weighted by molar-refractivity contribution is 6.33. The van der Waals surface area contributed by atoms with Gasteiger partial charge in [0.05, 0.1) is 17.3 Å². The number of halogens is 1. The SMILES string of the molecule is CC(C)(C)OC(=O)N1CCc2c(nc3c(Cl)cccn23)C1. The van der Waals surface area contributed by atoms with Crippen LogP contribution in [0.25, 0.3) is 5.65 Å². The van der Waals surface area contributed by atoms with Gasteiger partial charge in [-0.3, -0.25) is 0 Å². The number of amides is 1. The third kappa shape index (κ3) is 2.70. The van der Waals surface area contributed by atoms with Gasteiger partial charge < -0.3 is 14.0 Å². The highest BCUT2D eigenvalue weighted by Crippen LogP contribution is 2.25. The van der Waals surface area contributed by atoms with Crippen molar-refractivity contribution in [1.82, 2.24) is 14.3 Å². The van der Waals surface area contributed by atoms with E-state index >= 15 is 0 Å². The average Bonchev–Trinajstić information content (AvgIpc) is 2.76. The molecule has 0 saturated heterocycles. The molecule has 0 bridgehead atoms. The second kappa shape index (κ2) is 4.91. The van der Waals surface area contributed by atoms with Gasteiger partial charge in [0.25, 0.3) is 0 Å². The molecule has 3 heterocycles. The molecule has 1 amide bonds. The topological polar surface area (TPSA) is 46.8 Å². The number of rotatable bonds is 0. The normalized spacial score (nSPS) is 15.1. The van der Waals surface area contributed by atoms with Crippen molar-refractivity contribution in [3.05, 3.63) is 34.7 Å². The van der Waals surface area contributed by atoms with Crippen LogP contribution in [0.3, 0.4) is 0 Å². The summed E-state index contributed by atoms with van der Waals surface area (Å²) in [6.07, 6.45) is 2.41. The Hall–Kier alpha value is -1.75. The first-order valence-corrected chi connectivity index (χ1v) is 7.35. The van der Waals surface area contributed by atoms with Gasteiger partial charge in [0, 0.05) is 24.9 Å². The zero-order chi connectivity index (χ0) is 15.2. The van der Waals surface area contributed by atoms with Gasteiger partial charge >= 0.3 is 6.09 Å². The molecule has 0 spiro atoms. The molecule has 1 aliphatic heterocycles. The maximum Gasteiger partial charge on any atom is 0.410 e. The van der Waals surface area contributed by atoms with Crippen molar-refractivity contribution in [1.29, 1.82) is 0 Å². The number of fused-ring (bicyclic) bond motifs is 3. The van der Waals surface area contributed by atoms with E-state index in [0.717, 1.165) is 23.5 Å². The third-order valence-electron chi connectivity index (χ3n) is 3.40. The van der Waals surface area contributed by atoms with E-state index in [4.69, 9.17) is 16.3 Å². The van der Waals surface area contributed by atoms with Gasteiger partial charge in [-0.25, -0.2) is 9.78 Å². The lowest BCUT2D eigenvalue weighted by atomic mass is 10.1. The Balaban J connectivity index is 1.88. The van der Waals surface area contributed by atoms with Crippen molar-refractivity contribution < 1.29 is 9.53 Å². The summed E-state index contributed by atoms with van der Waals surface area (Å²) in [5.74, 6) is 0. The van der Waals surface area contributed by atoms with Crippen LogP contribution in [-0.4, -0.2) is 32.5 Å². The van der Waals surface area contributed by atoms with Crippen LogP contribution >= 0.6 is 11.6 Å². The Bertz CT molecular complexity index is 703. The highest BCUT2D eigenvalue weighted by atomic mass is 35.5. The van der Waals surface area contributed by atoms with Crippen LogP contribution in [0.4, 0.5) is 4.79 Å². The van der Waals surface area contributed by atoms with Gasteiger partial charge in [-0.1, -0.05) is 11.6 Å². The molecular weight excluding hydrogens is 290 g/mol. The Morgan fingerprint density at radius 3 is 2.90 bits per heavy atom. The largest absolute Gasteiger partial charge is 0.444 e. The standard InChI is InChI=1S/C15H18ClN3O2/c1-15(2,3)21-14(20)18-8-6-12-11(9-18)17-13-10(16)5-4-7-19(12)13/h4-5,7H,6,8-9H2,1-3H3. The fourth-order valence-corrected chi connectivity index (χ4v) is 2.71. The Kier molecular flexibility index (Phi) is 3.32. The van der Waals surface area contributed by atoms with Crippen molar-refractivity contribution in [2.45, 2.75) is 39.3 Å². The molecule has 5 nitrogen and oxygen atoms in total. The monoisotopic (exact) mass is 307 g/mol. The molecule has 0 unspecified atom stereocenters. The highest BCUT2D eigenvalue weighted by Gasteiger charge is 2.28. The Morgan fingerprint density at radius 2 is 2.19 bits per heavy atom. The lowest BCUT2D eigenvalue weighted by Crippen LogP contribution is -2.40. The molecule has 0 atom stereocenters. The molecule has 3 rings (SSSR count). The summed E-state index contributed by atoms with van der Waals surface area (Å²) >= 11 is 6.17. The minimum Gasteiger partial charge on any atom is -0.444 e. The van der Waals surface area contributed by atoms with Crippen molar-refractivity contribution in [3.8, 4) is 0 Å². The molecule has 0 fully saturated rings. The molecule has 0 saturated carbocycles. The lowest BCUT2D eigenvalue weighted by Gasteiger charge is -2.29. The fraction of sp³-hybridized carbons (Fsp3) is 0.467. The first-order chi connectivity index (χ1) is 9.85. The van der Waals surface area contributed by atoms with Crippen LogP contribution in [-0.2, 0) is 17.7 Å². The van der Waals surface area contributed by atoms with E-state index in [1.807, 2.05) is 43.5 Å². The molecule has 1 aliphatic rings. The minimum atomic E-state index is -0.487. The van der Waals surface area contributed by atoms with Crippen molar-refractivity contribution in [2.75, 3.05) is 6.54 Å². The molecule has 0 aromatic carbocycles. The minimum absolute atomic E-state index is 0.295. The van der Waals surface area contributed by atoms with E-state index in [0.29, 0.717) is 18.1 Å². The van der Waals surface area contributed by atoms with Crippen LogP contribution in [0, 0.1) is 0 Å². The van der Waals surface area contributed by atoms with Gasteiger partial charge in [-0.2, -0.15) is 0 Å². The first-order valence-electron chi connectivity index (χ1n) is 6.97. The quantitative estimate of drug-likeness (QED) is 0.750. The average molecular weight is 308 g/mol. The van der Waals surface area contributed by atoms with Crippen LogP contribution < -0.4 is 0 Å². The van der Waals surface area contributed by atoms with Crippen LogP contribution in [0.1, 0.15) is 32.2 Å². The summed E-state index contributed by atoms with van der Waals surface area (Å²) in [7, 11) is 0. The van der Waals surface area contributed by atoms with E-state index < -0.39 is 5.60 Å². The van der Waals surface area contributed by atoms with Crippen molar-refractivity contribution in [3.63, 3.8) is 0 Å². The number of hydrogen-bond acceptors (Lipinski definition) is 3. The maximum absolute atomic E-state index is 12.1. The number of hydrogen-bond donors (Lipinski definition) is 0. The summed E-state index contributed by atoms with van der Waals surface area (Å²) in [5, 5.41) is 0.621. The molecule has 2 aromatic rings. The second-order valence-corrected chi connectivity index (χ2v) is 6.61. The molecule has 112 valence electrons.